The predicted molar refractivity (Wildman–Crippen MR) is 80.4 cm³/mol. The summed E-state index contributed by atoms with van der Waals surface area (Å²) in [7, 11) is -3.33. The Morgan fingerprint density at radius 3 is 2.63 bits per heavy atom. The van der Waals surface area contributed by atoms with Gasteiger partial charge in [0.2, 0.25) is 0 Å². The van der Waals surface area contributed by atoms with Crippen LogP contribution in [0.4, 0.5) is 0 Å². The second-order valence-electron chi connectivity index (χ2n) is 5.01. The van der Waals surface area contributed by atoms with Gasteiger partial charge in [-0.05, 0) is 37.8 Å². The van der Waals surface area contributed by atoms with Crippen LogP contribution in [0.25, 0.3) is 0 Å². The highest BCUT2D eigenvalue weighted by atomic mass is 35.5. The predicted octanol–water partition coefficient (Wildman–Crippen LogP) is 3.75. The van der Waals surface area contributed by atoms with Gasteiger partial charge in [0.05, 0.1) is 5.88 Å². The third-order valence-electron chi connectivity index (χ3n) is 3.37. The standard InChI is InChI=1S/C13H20ClNO2S2/c1-3-4-7-15(11-5-6-11)19(16,17)13-8-10(2)12(9-14)18-13/h8,11H,3-7,9H2,1-2H3. The maximum atomic E-state index is 12.7. The summed E-state index contributed by atoms with van der Waals surface area (Å²) in [6, 6.07) is 1.98. The van der Waals surface area contributed by atoms with Gasteiger partial charge in [0.25, 0.3) is 10.0 Å². The second kappa shape index (κ2) is 6.12. The molecule has 0 atom stereocenters. The van der Waals surface area contributed by atoms with Gasteiger partial charge in [-0.2, -0.15) is 4.31 Å². The smallest absolute Gasteiger partial charge is 0.206 e. The van der Waals surface area contributed by atoms with Gasteiger partial charge in [0, 0.05) is 17.5 Å². The van der Waals surface area contributed by atoms with Crippen molar-refractivity contribution in [3.8, 4) is 0 Å². The van der Waals surface area contributed by atoms with Crippen LogP contribution in [0.15, 0.2) is 10.3 Å². The summed E-state index contributed by atoms with van der Waals surface area (Å²) in [6.45, 7) is 4.63. The van der Waals surface area contributed by atoms with Crippen molar-refractivity contribution in [2.45, 2.75) is 55.7 Å². The zero-order valence-electron chi connectivity index (χ0n) is 11.4. The number of hydrogen-bond acceptors (Lipinski definition) is 3. The molecule has 0 unspecified atom stereocenters. The van der Waals surface area contributed by atoms with E-state index in [-0.39, 0.29) is 6.04 Å². The lowest BCUT2D eigenvalue weighted by Gasteiger charge is -2.20. The fourth-order valence-electron chi connectivity index (χ4n) is 2.04. The van der Waals surface area contributed by atoms with Crippen LogP contribution in [-0.4, -0.2) is 25.3 Å². The van der Waals surface area contributed by atoms with Gasteiger partial charge in [-0.15, -0.1) is 22.9 Å². The van der Waals surface area contributed by atoms with Crippen LogP contribution in [0, 0.1) is 6.92 Å². The van der Waals surface area contributed by atoms with Crippen LogP contribution in [-0.2, 0) is 15.9 Å². The molecule has 108 valence electrons. The van der Waals surface area contributed by atoms with Crippen molar-refractivity contribution in [2.75, 3.05) is 6.54 Å². The largest absolute Gasteiger partial charge is 0.252 e. The van der Waals surface area contributed by atoms with Gasteiger partial charge < -0.3 is 0 Å². The van der Waals surface area contributed by atoms with E-state index in [0.29, 0.717) is 16.6 Å². The normalized spacial score (nSPS) is 16.2. The Labute approximate surface area is 124 Å². The average Bonchev–Trinajstić information content (AvgIpc) is 3.11. The van der Waals surface area contributed by atoms with Crippen LogP contribution in [0.2, 0.25) is 0 Å². The van der Waals surface area contributed by atoms with Gasteiger partial charge in [-0.25, -0.2) is 8.42 Å². The molecule has 3 nitrogen and oxygen atoms in total. The lowest BCUT2D eigenvalue weighted by molar-refractivity contribution is 0.397. The van der Waals surface area contributed by atoms with E-state index >= 15 is 0 Å². The van der Waals surface area contributed by atoms with Crippen molar-refractivity contribution in [1.82, 2.24) is 4.31 Å². The van der Waals surface area contributed by atoms with Gasteiger partial charge in [0.15, 0.2) is 0 Å². The molecule has 0 aromatic carbocycles. The Kier molecular flexibility index (Phi) is 4.93. The number of unbranched alkanes of at least 4 members (excludes halogenated alkanes) is 1. The second-order valence-corrected chi connectivity index (χ2v) is 8.53. The fraction of sp³-hybridized carbons (Fsp3) is 0.692. The van der Waals surface area contributed by atoms with Gasteiger partial charge >= 0.3 is 0 Å². The molecular weight excluding hydrogens is 302 g/mol. The third-order valence-corrected chi connectivity index (χ3v) is 7.43. The summed E-state index contributed by atoms with van der Waals surface area (Å²) in [6.07, 6.45) is 3.92. The minimum Gasteiger partial charge on any atom is -0.206 e. The number of aryl methyl sites for hydroxylation is 1. The van der Waals surface area contributed by atoms with E-state index in [1.807, 2.05) is 6.92 Å². The molecule has 0 bridgehead atoms. The Morgan fingerprint density at radius 2 is 2.16 bits per heavy atom. The summed E-state index contributed by atoms with van der Waals surface area (Å²) >= 11 is 7.15. The van der Waals surface area contributed by atoms with Crippen molar-refractivity contribution in [3.63, 3.8) is 0 Å². The van der Waals surface area contributed by atoms with E-state index < -0.39 is 10.0 Å². The molecule has 0 N–H and O–H groups in total. The molecule has 1 aromatic heterocycles. The van der Waals surface area contributed by atoms with Crippen LogP contribution in [0.3, 0.4) is 0 Å². The Bertz CT molecular complexity index is 535. The van der Waals surface area contributed by atoms with E-state index in [0.717, 1.165) is 36.1 Å². The maximum absolute atomic E-state index is 12.7. The molecule has 1 saturated carbocycles. The van der Waals surface area contributed by atoms with Crippen molar-refractivity contribution < 1.29 is 8.42 Å². The SMILES string of the molecule is CCCCN(C1CC1)S(=O)(=O)c1cc(C)c(CCl)s1. The minimum absolute atomic E-state index is 0.221. The first-order valence-corrected chi connectivity index (χ1v) is 9.47. The van der Waals surface area contributed by atoms with Crippen molar-refractivity contribution >= 4 is 33.0 Å². The molecule has 0 spiro atoms. The first-order valence-electron chi connectivity index (χ1n) is 6.67. The van der Waals surface area contributed by atoms with E-state index in [1.54, 1.807) is 10.4 Å². The molecule has 1 aromatic rings. The number of hydrogen-bond donors (Lipinski definition) is 0. The molecule has 0 saturated heterocycles. The zero-order chi connectivity index (χ0) is 14.0. The lowest BCUT2D eigenvalue weighted by atomic mass is 10.3. The highest BCUT2D eigenvalue weighted by Crippen LogP contribution is 2.36. The Hall–Kier alpha value is -0.100. The molecule has 1 aliphatic carbocycles. The molecule has 0 radical (unpaired) electrons. The average molecular weight is 322 g/mol. The van der Waals surface area contributed by atoms with Crippen molar-refractivity contribution in [3.05, 3.63) is 16.5 Å². The monoisotopic (exact) mass is 321 g/mol. The molecule has 0 aliphatic heterocycles. The van der Waals surface area contributed by atoms with Crippen LogP contribution in [0.1, 0.15) is 43.0 Å². The molecule has 2 rings (SSSR count). The van der Waals surface area contributed by atoms with Gasteiger partial charge in [0.1, 0.15) is 4.21 Å². The molecule has 1 heterocycles. The quantitative estimate of drug-likeness (QED) is 0.717. The van der Waals surface area contributed by atoms with E-state index in [4.69, 9.17) is 11.6 Å². The summed E-state index contributed by atoms with van der Waals surface area (Å²) in [5, 5.41) is 0. The Morgan fingerprint density at radius 1 is 1.47 bits per heavy atom. The van der Waals surface area contributed by atoms with E-state index in [9.17, 15) is 8.42 Å². The van der Waals surface area contributed by atoms with E-state index in [1.165, 1.54) is 11.3 Å². The molecule has 6 heteroatoms. The molecule has 1 fully saturated rings. The molecular formula is C13H20ClNO2S2. The van der Waals surface area contributed by atoms with Crippen molar-refractivity contribution in [1.29, 1.82) is 0 Å². The summed E-state index contributed by atoms with van der Waals surface area (Å²) < 4.78 is 27.5. The molecule has 0 amide bonds. The molecule has 1 aliphatic rings. The highest BCUT2D eigenvalue weighted by molar-refractivity contribution is 7.91. The summed E-state index contributed by atoms with van der Waals surface area (Å²) in [5.74, 6) is 0.379. The lowest BCUT2D eigenvalue weighted by Crippen LogP contribution is -2.33. The fourth-order valence-corrected chi connectivity index (χ4v) is 5.71. The number of alkyl halides is 1. The topological polar surface area (TPSA) is 37.4 Å². The number of nitrogens with zero attached hydrogens (tertiary/aromatic N) is 1. The van der Waals surface area contributed by atoms with E-state index in [2.05, 4.69) is 6.92 Å². The minimum atomic E-state index is -3.33. The maximum Gasteiger partial charge on any atom is 0.252 e. The van der Waals surface area contributed by atoms with Crippen LogP contribution < -0.4 is 0 Å². The van der Waals surface area contributed by atoms with Gasteiger partial charge in [-0.3, -0.25) is 0 Å². The first kappa shape index (κ1) is 15.3. The molecule has 19 heavy (non-hydrogen) atoms. The number of sulfonamides is 1. The summed E-state index contributed by atoms with van der Waals surface area (Å²) in [5.41, 5.74) is 0.977. The number of rotatable bonds is 7. The first-order chi connectivity index (χ1) is 9.00. The Balaban J connectivity index is 2.27. The van der Waals surface area contributed by atoms with Crippen LogP contribution >= 0.6 is 22.9 Å². The summed E-state index contributed by atoms with van der Waals surface area (Å²) in [4.78, 5) is 0.950. The zero-order valence-corrected chi connectivity index (χ0v) is 13.7. The van der Waals surface area contributed by atoms with Crippen LogP contribution in [0.5, 0.6) is 0 Å². The number of halogens is 1. The van der Waals surface area contributed by atoms with Crippen molar-refractivity contribution in [2.24, 2.45) is 0 Å². The number of thiophene rings is 1. The van der Waals surface area contributed by atoms with Gasteiger partial charge in [-0.1, -0.05) is 13.3 Å². The third kappa shape index (κ3) is 3.32. The highest BCUT2D eigenvalue weighted by Gasteiger charge is 2.38.